The van der Waals surface area contributed by atoms with Crippen LogP contribution in [0.3, 0.4) is 0 Å². The van der Waals surface area contributed by atoms with E-state index in [0.29, 0.717) is 33.9 Å². The number of nitrogens with one attached hydrogen (secondary N) is 1. The van der Waals surface area contributed by atoms with Crippen molar-refractivity contribution in [2.24, 2.45) is 0 Å². The van der Waals surface area contributed by atoms with Crippen LogP contribution in [0.4, 0.5) is 5.13 Å². The fourth-order valence-corrected chi connectivity index (χ4v) is 3.79. The summed E-state index contributed by atoms with van der Waals surface area (Å²) < 4.78 is 12.3. The summed E-state index contributed by atoms with van der Waals surface area (Å²) in [6.45, 7) is 3.82. The van der Waals surface area contributed by atoms with E-state index in [9.17, 15) is 4.79 Å². The SMILES string of the molecule is COc1ccc(OC)c(-c2csc(NC(=O)Cc3nc4nc(C)cc(C)n4n3)n2)c1. The summed E-state index contributed by atoms with van der Waals surface area (Å²) >= 11 is 1.33. The quantitative estimate of drug-likeness (QED) is 0.507. The third kappa shape index (κ3) is 3.94. The summed E-state index contributed by atoms with van der Waals surface area (Å²) in [6, 6.07) is 7.39. The number of methoxy groups -OCH3 is 2. The largest absolute Gasteiger partial charge is 0.497 e. The van der Waals surface area contributed by atoms with Crippen LogP contribution in [0.5, 0.6) is 11.5 Å². The molecule has 10 heteroatoms. The number of carbonyl (C=O) groups is 1. The zero-order valence-electron chi connectivity index (χ0n) is 17.0. The van der Waals surface area contributed by atoms with Gasteiger partial charge in [-0.3, -0.25) is 4.79 Å². The number of carbonyl (C=O) groups excluding carboxylic acids is 1. The first-order chi connectivity index (χ1) is 14.5. The van der Waals surface area contributed by atoms with Crippen LogP contribution in [0.1, 0.15) is 17.2 Å². The smallest absolute Gasteiger partial charge is 0.252 e. The molecule has 0 spiro atoms. The maximum atomic E-state index is 12.5. The minimum Gasteiger partial charge on any atom is -0.497 e. The molecule has 154 valence electrons. The van der Waals surface area contributed by atoms with E-state index in [4.69, 9.17) is 9.47 Å². The zero-order valence-corrected chi connectivity index (χ0v) is 17.8. The average Bonchev–Trinajstić information content (AvgIpc) is 3.34. The third-order valence-corrected chi connectivity index (χ3v) is 5.17. The normalized spacial score (nSPS) is 10.9. The molecule has 0 unspecified atom stereocenters. The lowest BCUT2D eigenvalue weighted by atomic mass is 10.1. The Hall–Kier alpha value is -3.53. The average molecular weight is 424 g/mol. The van der Waals surface area contributed by atoms with Crippen molar-refractivity contribution in [1.29, 1.82) is 0 Å². The standard InChI is InChI=1S/C20H20N6O3S/c1-11-7-12(2)26-19(21-11)23-17(25-26)9-18(27)24-20-22-15(10-30-20)14-8-13(28-3)5-6-16(14)29-4/h5-8,10H,9H2,1-4H3,(H,22,24,27). The number of nitrogens with zero attached hydrogens (tertiary/aromatic N) is 5. The highest BCUT2D eigenvalue weighted by atomic mass is 32.1. The minimum absolute atomic E-state index is 0.0270. The van der Waals surface area contributed by atoms with Crippen LogP contribution in [-0.4, -0.2) is 44.7 Å². The first-order valence-electron chi connectivity index (χ1n) is 9.14. The van der Waals surface area contributed by atoms with Crippen LogP contribution < -0.4 is 14.8 Å². The van der Waals surface area contributed by atoms with E-state index in [-0.39, 0.29) is 12.3 Å². The van der Waals surface area contributed by atoms with Crippen molar-refractivity contribution in [3.63, 3.8) is 0 Å². The monoisotopic (exact) mass is 424 g/mol. The first-order valence-corrected chi connectivity index (χ1v) is 10.0. The molecule has 0 atom stereocenters. The lowest BCUT2D eigenvalue weighted by Gasteiger charge is -2.08. The van der Waals surface area contributed by atoms with Gasteiger partial charge in [-0.25, -0.2) is 14.5 Å². The molecule has 30 heavy (non-hydrogen) atoms. The number of rotatable bonds is 6. The molecule has 3 heterocycles. The van der Waals surface area contributed by atoms with Crippen molar-refractivity contribution in [1.82, 2.24) is 24.6 Å². The number of benzene rings is 1. The van der Waals surface area contributed by atoms with E-state index in [1.54, 1.807) is 18.7 Å². The second-order valence-electron chi connectivity index (χ2n) is 6.61. The predicted octanol–water partition coefficient (Wildman–Crippen LogP) is 3.06. The first kappa shape index (κ1) is 19.8. The lowest BCUT2D eigenvalue weighted by Crippen LogP contribution is -2.15. The van der Waals surface area contributed by atoms with E-state index in [2.05, 4.69) is 25.4 Å². The van der Waals surface area contributed by atoms with Crippen LogP contribution in [0, 0.1) is 13.8 Å². The van der Waals surface area contributed by atoms with Crippen molar-refractivity contribution in [2.45, 2.75) is 20.3 Å². The Kier molecular flexibility index (Phi) is 5.32. The number of amides is 1. The van der Waals surface area contributed by atoms with Crippen LogP contribution in [-0.2, 0) is 11.2 Å². The molecular formula is C20H20N6O3S. The summed E-state index contributed by atoms with van der Waals surface area (Å²) in [5, 5.41) is 9.50. The van der Waals surface area contributed by atoms with Crippen LogP contribution in [0.2, 0.25) is 0 Å². The second-order valence-corrected chi connectivity index (χ2v) is 7.47. The van der Waals surface area contributed by atoms with E-state index < -0.39 is 0 Å². The van der Waals surface area contributed by atoms with Crippen molar-refractivity contribution in [2.75, 3.05) is 19.5 Å². The van der Waals surface area contributed by atoms with E-state index in [1.165, 1.54) is 11.3 Å². The molecule has 0 aliphatic heterocycles. The molecule has 4 rings (SSSR count). The summed E-state index contributed by atoms with van der Waals surface area (Å²) in [5.41, 5.74) is 3.24. The molecule has 0 saturated carbocycles. The van der Waals surface area contributed by atoms with Crippen LogP contribution >= 0.6 is 11.3 Å². The highest BCUT2D eigenvalue weighted by molar-refractivity contribution is 7.14. The Balaban J connectivity index is 1.50. The molecule has 0 saturated heterocycles. The van der Waals surface area contributed by atoms with Crippen LogP contribution in [0.25, 0.3) is 17.0 Å². The molecule has 1 aromatic carbocycles. The number of thiazole rings is 1. The fourth-order valence-electron chi connectivity index (χ4n) is 3.06. The Morgan fingerprint density at radius 1 is 1.13 bits per heavy atom. The summed E-state index contributed by atoms with van der Waals surface area (Å²) in [6.07, 6.45) is 0.0270. The van der Waals surface area contributed by atoms with E-state index in [1.807, 2.05) is 43.5 Å². The number of hydrogen-bond donors (Lipinski definition) is 1. The van der Waals surface area contributed by atoms with Gasteiger partial charge in [0.25, 0.3) is 5.78 Å². The molecule has 0 aliphatic carbocycles. The summed E-state index contributed by atoms with van der Waals surface area (Å²) in [4.78, 5) is 25.7. The molecule has 0 fully saturated rings. The van der Waals surface area contributed by atoms with Crippen molar-refractivity contribution in [3.05, 3.63) is 46.9 Å². The van der Waals surface area contributed by atoms with Gasteiger partial charge >= 0.3 is 0 Å². The van der Waals surface area contributed by atoms with Crippen molar-refractivity contribution >= 4 is 28.2 Å². The van der Waals surface area contributed by atoms with Gasteiger partial charge in [0, 0.05) is 22.3 Å². The van der Waals surface area contributed by atoms with Gasteiger partial charge < -0.3 is 14.8 Å². The molecule has 1 N–H and O–H groups in total. The van der Waals surface area contributed by atoms with Gasteiger partial charge in [-0.05, 0) is 38.1 Å². The molecule has 0 aliphatic rings. The van der Waals surface area contributed by atoms with Gasteiger partial charge in [0.2, 0.25) is 5.91 Å². The number of ether oxygens (including phenoxy) is 2. The fraction of sp³-hybridized carbons (Fsp3) is 0.250. The highest BCUT2D eigenvalue weighted by Gasteiger charge is 2.15. The van der Waals surface area contributed by atoms with Gasteiger partial charge in [-0.15, -0.1) is 16.4 Å². The van der Waals surface area contributed by atoms with Gasteiger partial charge in [0.15, 0.2) is 11.0 Å². The molecule has 0 bridgehead atoms. The Labute approximate surface area is 176 Å². The number of aryl methyl sites for hydroxylation is 2. The summed E-state index contributed by atoms with van der Waals surface area (Å²) in [5.74, 6) is 2.00. The Morgan fingerprint density at radius 2 is 1.97 bits per heavy atom. The predicted molar refractivity (Wildman–Crippen MR) is 113 cm³/mol. The number of fused-ring (bicyclic) bond motifs is 1. The molecule has 4 aromatic rings. The van der Waals surface area contributed by atoms with E-state index >= 15 is 0 Å². The van der Waals surface area contributed by atoms with Gasteiger partial charge in [0.1, 0.15) is 11.5 Å². The zero-order chi connectivity index (χ0) is 21.3. The third-order valence-electron chi connectivity index (χ3n) is 4.41. The number of anilines is 1. The van der Waals surface area contributed by atoms with Crippen molar-refractivity contribution in [3.8, 4) is 22.8 Å². The van der Waals surface area contributed by atoms with Crippen molar-refractivity contribution < 1.29 is 14.3 Å². The molecule has 9 nitrogen and oxygen atoms in total. The topological polar surface area (TPSA) is 104 Å². The second kappa shape index (κ2) is 8.07. The molecule has 1 amide bonds. The highest BCUT2D eigenvalue weighted by Crippen LogP contribution is 2.35. The number of aromatic nitrogens is 5. The minimum atomic E-state index is -0.251. The maximum Gasteiger partial charge on any atom is 0.252 e. The summed E-state index contributed by atoms with van der Waals surface area (Å²) in [7, 11) is 3.20. The Morgan fingerprint density at radius 3 is 2.73 bits per heavy atom. The van der Waals surface area contributed by atoms with Crippen LogP contribution in [0.15, 0.2) is 29.6 Å². The molecule has 0 radical (unpaired) electrons. The molecule has 3 aromatic heterocycles. The number of hydrogen-bond acceptors (Lipinski definition) is 8. The van der Waals surface area contributed by atoms with Gasteiger partial charge in [-0.2, -0.15) is 4.98 Å². The lowest BCUT2D eigenvalue weighted by molar-refractivity contribution is -0.115. The van der Waals surface area contributed by atoms with E-state index in [0.717, 1.165) is 17.0 Å². The van der Waals surface area contributed by atoms with Gasteiger partial charge in [-0.1, -0.05) is 0 Å². The molecular weight excluding hydrogens is 404 g/mol. The van der Waals surface area contributed by atoms with Gasteiger partial charge in [0.05, 0.1) is 26.3 Å². The Bertz CT molecular complexity index is 1230. The maximum absolute atomic E-state index is 12.5.